The van der Waals surface area contributed by atoms with Gasteiger partial charge in [0.15, 0.2) is 30.1 Å². The second-order valence-corrected chi connectivity index (χ2v) is 5.04. The predicted octanol–water partition coefficient (Wildman–Crippen LogP) is -0.255. The Bertz CT molecular complexity index is 691. The first-order valence-electron chi connectivity index (χ1n) is 6.74. The number of carbonyl (C=O) groups is 2. The molecule has 0 spiro atoms. The molecule has 2 rings (SSSR count). The Labute approximate surface area is 130 Å². The van der Waals surface area contributed by atoms with Crippen molar-refractivity contribution in [3.63, 3.8) is 0 Å². The zero-order valence-electron chi connectivity index (χ0n) is 12.7. The molecule has 1 fully saturated rings. The minimum Gasteiger partial charge on any atom is -0.456 e. The van der Waals surface area contributed by atoms with Gasteiger partial charge in [-0.3, -0.25) is 14.2 Å². The van der Waals surface area contributed by atoms with E-state index in [0.29, 0.717) is 0 Å². The standard InChI is InChI=1S/C13H16FN3O6/c1-5-9(22-6(2)18)10(23-7(3)19)12(21-5)17-4-8(14)11(15)16-13(17)20/h4-5,9-10,12H,1-3H3,(H2,15,16,20)/t5-,9?,10?,12-/m1/s1. The Morgan fingerprint density at radius 3 is 2.43 bits per heavy atom. The van der Waals surface area contributed by atoms with Gasteiger partial charge in [0, 0.05) is 13.8 Å². The van der Waals surface area contributed by atoms with Gasteiger partial charge in [-0.25, -0.2) is 9.18 Å². The topological polar surface area (TPSA) is 123 Å². The maximum Gasteiger partial charge on any atom is 0.351 e. The molecule has 0 aliphatic carbocycles. The molecule has 2 N–H and O–H groups in total. The molecule has 0 bridgehead atoms. The van der Waals surface area contributed by atoms with Gasteiger partial charge < -0.3 is 19.9 Å². The van der Waals surface area contributed by atoms with Gasteiger partial charge in [-0.15, -0.1) is 0 Å². The lowest BCUT2D eigenvalue weighted by Crippen LogP contribution is -2.40. The van der Waals surface area contributed by atoms with Crippen molar-refractivity contribution in [3.05, 3.63) is 22.5 Å². The van der Waals surface area contributed by atoms with Gasteiger partial charge in [0.25, 0.3) is 0 Å². The lowest BCUT2D eigenvalue weighted by Gasteiger charge is -2.23. The van der Waals surface area contributed by atoms with E-state index in [1.165, 1.54) is 6.92 Å². The number of hydrogen-bond acceptors (Lipinski definition) is 8. The number of hydrogen-bond donors (Lipinski definition) is 1. The van der Waals surface area contributed by atoms with Gasteiger partial charge in [-0.2, -0.15) is 4.98 Å². The van der Waals surface area contributed by atoms with Crippen LogP contribution in [-0.4, -0.2) is 39.8 Å². The average Bonchev–Trinajstić information content (AvgIpc) is 2.70. The van der Waals surface area contributed by atoms with Crippen molar-refractivity contribution < 1.29 is 28.2 Å². The third kappa shape index (κ3) is 3.47. The summed E-state index contributed by atoms with van der Waals surface area (Å²) in [4.78, 5) is 37.8. The van der Waals surface area contributed by atoms with Gasteiger partial charge in [0.2, 0.25) is 0 Å². The van der Waals surface area contributed by atoms with Gasteiger partial charge in [-0.05, 0) is 6.92 Å². The molecule has 1 aromatic heterocycles. The van der Waals surface area contributed by atoms with Crippen LogP contribution in [0.1, 0.15) is 27.0 Å². The summed E-state index contributed by atoms with van der Waals surface area (Å²) in [5.41, 5.74) is 4.34. The zero-order valence-corrected chi connectivity index (χ0v) is 12.7. The normalized spacial score (nSPS) is 26.8. The van der Waals surface area contributed by atoms with Crippen molar-refractivity contribution in [2.45, 2.75) is 45.3 Å². The number of ether oxygens (including phenoxy) is 3. The number of nitrogens with zero attached hydrogens (tertiary/aromatic N) is 2. The van der Waals surface area contributed by atoms with Crippen LogP contribution in [0.4, 0.5) is 10.2 Å². The van der Waals surface area contributed by atoms with Crippen LogP contribution in [0.5, 0.6) is 0 Å². The quantitative estimate of drug-likeness (QED) is 0.753. The second kappa shape index (κ2) is 6.32. The lowest BCUT2D eigenvalue weighted by molar-refractivity contribution is -0.165. The second-order valence-electron chi connectivity index (χ2n) is 5.04. The Hall–Kier alpha value is -2.49. The van der Waals surface area contributed by atoms with Crippen LogP contribution >= 0.6 is 0 Å². The Morgan fingerprint density at radius 2 is 1.87 bits per heavy atom. The van der Waals surface area contributed by atoms with Crippen LogP contribution < -0.4 is 11.4 Å². The monoisotopic (exact) mass is 329 g/mol. The van der Waals surface area contributed by atoms with Crippen LogP contribution in [-0.2, 0) is 23.8 Å². The van der Waals surface area contributed by atoms with Gasteiger partial charge in [0.05, 0.1) is 12.3 Å². The van der Waals surface area contributed by atoms with Gasteiger partial charge in [-0.1, -0.05) is 0 Å². The number of halogens is 1. The highest BCUT2D eigenvalue weighted by Crippen LogP contribution is 2.33. The largest absolute Gasteiger partial charge is 0.456 e. The van der Waals surface area contributed by atoms with Crippen LogP contribution in [0.15, 0.2) is 11.0 Å². The van der Waals surface area contributed by atoms with Crippen LogP contribution in [0.25, 0.3) is 0 Å². The van der Waals surface area contributed by atoms with Gasteiger partial charge in [0.1, 0.15) is 0 Å². The first-order valence-corrected chi connectivity index (χ1v) is 6.74. The molecule has 1 aliphatic heterocycles. The Kier molecular flexibility index (Phi) is 4.64. The molecular formula is C13H16FN3O6. The van der Waals surface area contributed by atoms with E-state index in [1.807, 2.05) is 0 Å². The number of nitrogen functional groups attached to an aromatic ring is 1. The molecular weight excluding hydrogens is 313 g/mol. The van der Waals surface area contributed by atoms with E-state index in [0.717, 1.165) is 17.7 Å². The molecule has 0 amide bonds. The smallest absolute Gasteiger partial charge is 0.351 e. The van der Waals surface area contributed by atoms with Crippen LogP contribution in [0.3, 0.4) is 0 Å². The average molecular weight is 329 g/mol. The molecule has 9 nitrogen and oxygen atoms in total. The molecule has 1 saturated heterocycles. The van der Waals surface area contributed by atoms with Crippen molar-refractivity contribution in [3.8, 4) is 0 Å². The highest BCUT2D eigenvalue weighted by atomic mass is 19.1. The number of rotatable bonds is 3. The summed E-state index contributed by atoms with van der Waals surface area (Å²) in [6.45, 7) is 3.90. The SMILES string of the molecule is CC(=O)OC1C(OC(C)=O)[C@@H](C)O[C@H]1n1cc(F)c(N)nc1=O. The van der Waals surface area contributed by atoms with Crippen molar-refractivity contribution >= 4 is 17.8 Å². The molecule has 0 aromatic carbocycles. The minimum absolute atomic E-state index is 0.558. The fourth-order valence-corrected chi connectivity index (χ4v) is 2.34. The molecule has 2 unspecified atom stereocenters. The maximum absolute atomic E-state index is 13.6. The number of esters is 2. The van der Waals surface area contributed by atoms with E-state index in [2.05, 4.69) is 4.98 Å². The molecule has 1 aromatic rings. The molecule has 23 heavy (non-hydrogen) atoms. The van der Waals surface area contributed by atoms with Crippen LogP contribution in [0, 0.1) is 5.82 Å². The number of aromatic nitrogens is 2. The molecule has 1 aliphatic rings. The highest BCUT2D eigenvalue weighted by Gasteiger charge is 2.48. The van der Waals surface area contributed by atoms with E-state index < -0.39 is 53.8 Å². The summed E-state index contributed by atoms with van der Waals surface area (Å²) < 4.78 is 30.1. The number of nitrogens with two attached hydrogens (primary N) is 1. The third-order valence-electron chi connectivity index (χ3n) is 3.23. The zero-order chi connectivity index (χ0) is 17.3. The minimum atomic E-state index is -1.20. The number of anilines is 1. The van der Waals surface area contributed by atoms with Crippen molar-refractivity contribution in [2.75, 3.05) is 5.73 Å². The molecule has 126 valence electrons. The molecule has 0 radical (unpaired) electrons. The van der Waals surface area contributed by atoms with E-state index in [9.17, 15) is 18.8 Å². The van der Waals surface area contributed by atoms with E-state index in [1.54, 1.807) is 6.92 Å². The molecule has 0 saturated carbocycles. The highest BCUT2D eigenvalue weighted by molar-refractivity contribution is 5.67. The summed E-state index contributed by atoms with van der Waals surface area (Å²) >= 11 is 0. The van der Waals surface area contributed by atoms with Crippen molar-refractivity contribution in [1.82, 2.24) is 9.55 Å². The summed E-state index contributed by atoms with van der Waals surface area (Å²) in [7, 11) is 0. The number of carbonyl (C=O) groups excluding carboxylic acids is 2. The summed E-state index contributed by atoms with van der Waals surface area (Å²) in [6.07, 6.45) is -3.17. The van der Waals surface area contributed by atoms with E-state index >= 15 is 0 Å². The van der Waals surface area contributed by atoms with Gasteiger partial charge >= 0.3 is 17.6 Å². The fourth-order valence-electron chi connectivity index (χ4n) is 2.34. The van der Waals surface area contributed by atoms with Crippen molar-refractivity contribution in [1.29, 1.82) is 0 Å². The predicted molar refractivity (Wildman–Crippen MR) is 73.6 cm³/mol. The maximum atomic E-state index is 13.6. The first kappa shape index (κ1) is 16.9. The van der Waals surface area contributed by atoms with E-state index in [4.69, 9.17) is 19.9 Å². The van der Waals surface area contributed by atoms with Crippen molar-refractivity contribution in [2.24, 2.45) is 0 Å². The Balaban J connectivity index is 2.43. The first-order chi connectivity index (χ1) is 10.7. The van der Waals surface area contributed by atoms with Crippen LogP contribution in [0.2, 0.25) is 0 Å². The lowest BCUT2D eigenvalue weighted by atomic mass is 10.1. The molecule has 2 heterocycles. The fraction of sp³-hybridized carbons (Fsp3) is 0.538. The van der Waals surface area contributed by atoms with E-state index in [-0.39, 0.29) is 0 Å². The summed E-state index contributed by atoms with van der Waals surface area (Å²) in [5.74, 6) is -2.78. The summed E-state index contributed by atoms with van der Waals surface area (Å²) in [6, 6.07) is 0. The summed E-state index contributed by atoms with van der Waals surface area (Å²) in [5, 5.41) is 0. The molecule has 10 heteroatoms. The third-order valence-corrected chi connectivity index (χ3v) is 3.23. The Morgan fingerprint density at radius 1 is 1.30 bits per heavy atom. The molecule has 4 atom stereocenters.